The molecule has 246 valence electrons. The van der Waals surface area contributed by atoms with Crippen molar-refractivity contribution in [2.45, 2.75) is 161 Å². The maximum atomic E-state index is 6.23. The first-order chi connectivity index (χ1) is 20.0. The third-order valence-electron chi connectivity index (χ3n) is 8.14. The number of benzene rings is 1. The highest BCUT2D eigenvalue weighted by atomic mass is 35.5. The van der Waals surface area contributed by atoms with E-state index in [0.717, 1.165) is 19.6 Å². The number of hydrogen-bond donors (Lipinski definition) is 0. The molecule has 0 atom stereocenters. The summed E-state index contributed by atoms with van der Waals surface area (Å²) in [6.45, 7) is 13.5. The molecule has 1 rings (SSSR count). The van der Waals surface area contributed by atoms with Gasteiger partial charge in [0, 0.05) is 20.5 Å². The van der Waals surface area contributed by atoms with Crippen molar-refractivity contribution in [3.05, 3.63) is 35.9 Å². The zero-order valence-corrected chi connectivity index (χ0v) is 30.3. The Hall–Kier alpha value is -0.400. The van der Waals surface area contributed by atoms with Gasteiger partial charge in [-0.2, -0.15) is 0 Å². The van der Waals surface area contributed by atoms with Crippen LogP contribution in [0.15, 0.2) is 30.3 Å². The molecule has 4 heteroatoms. The lowest BCUT2D eigenvalue weighted by molar-refractivity contribution is -0.148. The van der Waals surface area contributed by atoms with Gasteiger partial charge >= 0.3 is 0 Å². The Kier molecular flexibility index (Phi) is 29.0. The van der Waals surface area contributed by atoms with Crippen molar-refractivity contribution >= 4 is 18.6 Å². The standard InChI is InChI=1S/C38H70O2P.ClH/c1-6-8-10-12-18-22-26-34-39-38(40-35-27-23-19-13-11-9-7-2)29-25-21-17-15-14-16-20-24-28-36-30-32-37(33-31-36)41(3,4)5;/h24,28,30-33,38H,6-23,25-27,29,34-35H2,1-5H3;1H/q+1;/p-1. The third kappa shape index (κ3) is 25.0. The van der Waals surface area contributed by atoms with Gasteiger partial charge in [-0.25, -0.2) is 0 Å². The SMILES string of the molecule is CCCCCCCCCOC(CCCCCCCCC=Cc1ccc([P+](C)(C)C)cc1)OCCCCCCCCC.[Cl-]. The monoisotopic (exact) mass is 624 g/mol. The van der Waals surface area contributed by atoms with E-state index in [1.165, 1.54) is 146 Å². The molecule has 0 aromatic heterocycles. The van der Waals surface area contributed by atoms with Crippen LogP contribution in [0, 0.1) is 0 Å². The fourth-order valence-electron chi connectivity index (χ4n) is 5.30. The van der Waals surface area contributed by atoms with Crippen LogP contribution in [-0.2, 0) is 9.47 Å². The number of halogens is 1. The van der Waals surface area contributed by atoms with E-state index in [4.69, 9.17) is 9.47 Å². The molecule has 0 heterocycles. The first-order valence-corrected chi connectivity index (χ1v) is 20.9. The van der Waals surface area contributed by atoms with E-state index in [9.17, 15) is 0 Å². The smallest absolute Gasteiger partial charge is 0.157 e. The second-order valence-corrected chi connectivity index (χ2v) is 17.7. The summed E-state index contributed by atoms with van der Waals surface area (Å²) in [4.78, 5) is 0. The molecule has 0 aliphatic carbocycles. The number of allylic oxidation sites excluding steroid dienone is 1. The highest BCUT2D eigenvalue weighted by molar-refractivity contribution is 7.80. The van der Waals surface area contributed by atoms with E-state index in [1.54, 1.807) is 0 Å². The van der Waals surface area contributed by atoms with Gasteiger partial charge in [0.05, 0.1) is 25.3 Å². The van der Waals surface area contributed by atoms with Gasteiger partial charge in [-0.1, -0.05) is 141 Å². The summed E-state index contributed by atoms with van der Waals surface area (Å²) < 4.78 is 12.5. The molecule has 2 nitrogen and oxygen atoms in total. The minimum Gasteiger partial charge on any atom is -1.00 e. The van der Waals surface area contributed by atoms with Crippen molar-refractivity contribution in [3.8, 4) is 0 Å². The Balaban J connectivity index is 0.0000168. The van der Waals surface area contributed by atoms with Crippen LogP contribution in [0.1, 0.15) is 161 Å². The summed E-state index contributed by atoms with van der Waals surface area (Å²) in [6.07, 6.45) is 33.4. The molecule has 0 N–H and O–H groups in total. The van der Waals surface area contributed by atoms with Crippen LogP contribution >= 0.6 is 7.26 Å². The molecule has 0 unspecified atom stereocenters. The van der Waals surface area contributed by atoms with Crippen LogP contribution in [0.2, 0.25) is 0 Å². The Morgan fingerprint density at radius 2 is 1.00 bits per heavy atom. The van der Waals surface area contributed by atoms with Gasteiger partial charge < -0.3 is 21.9 Å². The Morgan fingerprint density at radius 1 is 0.571 bits per heavy atom. The number of hydrogen-bond acceptors (Lipinski definition) is 2. The molecule has 0 saturated carbocycles. The van der Waals surface area contributed by atoms with Crippen LogP contribution in [0.25, 0.3) is 6.08 Å². The molecule has 0 amide bonds. The predicted molar refractivity (Wildman–Crippen MR) is 188 cm³/mol. The van der Waals surface area contributed by atoms with E-state index in [2.05, 4.69) is 70.3 Å². The molecule has 0 fully saturated rings. The number of unbranched alkanes of at least 4 members (excludes halogenated alkanes) is 18. The van der Waals surface area contributed by atoms with Crippen LogP contribution in [0.4, 0.5) is 0 Å². The van der Waals surface area contributed by atoms with E-state index >= 15 is 0 Å². The first-order valence-electron chi connectivity index (χ1n) is 17.8. The van der Waals surface area contributed by atoms with Crippen molar-refractivity contribution < 1.29 is 21.9 Å². The maximum Gasteiger partial charge on any atom is 0.157 e. The number of ether oxygens (including phenoxy) is 2. The molecule has 42 heavy (non-hydrogen) atoms. The molecule has 0 saturated heterocycles. The molecular weight excluding hydrogens is 555 g/mol. The molecule has 0 aliphatic heterocycles. The molecule has 1 aromatic rings. The molecule has 0 aliphatic rings. The summed E-state index contributed by atoms with van der Waals surface area (Å²) in [5, 5.41) is 1.51. The molecule has 0 bridgehead atoms. The second kappa shape index (κ2) is 29.3. The second-order valence-electron chi connectivity index (χ2n) is 13.1. The van der Waals surface area contributed by atoms with Gasteiger partial charge in [-0.15, -0.1) is 0 Å². The highest BCUT2D eigenvalue weighted by Gasteiger charge is 2.20. The lowest BCUT2D eigenvalue weighted by atomic mass is 10.1. The minimum absolute atomic E-state index is 0. The van der Waals surface area contributed by atoms with Crippen molar-refractivity contribution in [1.29, 1.82) is 0 Å². The van der Waals surface area contributed by atoms with Crippen molar-refractivity contribution in [1.82, 2.24) is 0 Å². The molecule has 1 aromatic carbocycles. The summed E-state index contributed by atoms with van der Waals surface area (Å²) in [7, 11) is -0.909. The fourth-order valence-corrected chi connectivity index (χ4v) is 6.34. The number of rotatable bonds is 29. The third-order valence-corrected chi connectivity index (χ3v) is 9.99. The zero-order chi connectivity index (χ0) is 29.9. The predicted octanol–water partition coefficient (Wildman–Crippen LogP) is 9.22. The fraction of sp³-hybridized carbons (Fsp3) is 0.789. The Bertz CT molecular complexity index is 693. The van der Waals surface area contributed by atoms with Crippen LogP contribution < -0.4 is 17.7 Å². The molecule has 0 radical (unpaired) electrons. The largest absolute Gasteiger partial charge is 1.00 e. The van der Waals surface area contributed by atoms with Crippen LogP contribution in [0.3, 0.4) is 0 Å². The average molecular weight is 625 g/mol. The lowest BCUT2D eigenvalue weighted by Crippen LogP contribution is -3.00. The van der Waals surface area contributed by atoms with Gasteiger partial charge in [0.2, 0.25) is 0 Å². The van der Waals surface area contributed by atoms with E-state index in [-0.39, 0.29) is 18.7 Å². The zero-order valence-electron chi connectivity index (χ0n) is 28.7. The van der Waals surface area contributed by atoms with E-state index in [0.29, 0.717) is 0 Å². The Morgan fingerprint density at radius 3 is 1.48 bits per heavy atom. The highest BCUT2D eigenvalue weighted by Crippen LogP contribution is 2.44. The lowest BCUT2D eigenvalue weighted by Gasteiger charge is -2.19. The van der Waals surface area contributed by atoms with Gasteiger partial charge in [0.25, 0.3) is 0 Å². The Labute approximate surface area is 270 Å². The van der Waals surface area contributed by atoms with Gasteiger partial charge in [-0.3, -0.25) is 0 Å². The van der Waals surface area contributed by atoms with E-state index < -0.39 is 7.26 Å². The first kappa shape index (κ1) is 41.6. The van der Waals surface area contributed by atoms with Crippen molar-refractivity contribution in [2.75, 3.05) is 33.2 Å². The summed E-state index contributed by atoms with van der Waals surface area (Å²) in [6, 6.07) is 9.20. The quantitative estimate of drug-likeness (QED) is 0.0502. The van der Waals surface area contributed by atoms with Gasteiger partial charge in [0.15, 0.2) is 6.29 Å². The van der Waals surface area contributed by atoms with Gasteiger partial charge in [0.1, 0.15) is 0 Å². The maximum absolute atomic E-state index is 6.23. The van der Waals surface area contributed by atoms with Crippen molar-refractivity contribution in [2.24, 2.45) is 0 Å². The normalized spacial score (nSPS) is 12.0. The van der Waals surface area contributed by atoms with Crippen molar-refractivity contribution in [3.63, 3.8) is 0 Å². The molecule has 0 spiro atoms. The summed E-state index contributed by atoms with van der Waals surface area (Å²) >= 11 is 0. The minimum atomic E-state index is -0.909. The topological polar surface area (TPSA) is 18.5 Å². The average Bonchev–Trinajstić information content (AvgIpc) is 2.96. The van der Waals surface area contributed by atoms with Crippen LogP contribution in [0.5, 0.6) is 0 Å². The van der Waals surface area contributed by atoms with Gasteiger partial charge in [-0.05, 0) is 56.2 Å². The summed E-state index contributed by atoms with van der Waals surface area (Å²) in [5.41, 5.74) is 1.33. The summed E-state index contributed by atoms with van der Waals surface area (Å²) in [5.74, 6) is 0. The van der Waals surface area contributed by atoms with Crippen LogP contribution in [-0.4, -0.2) is 39.5 Å². The van der Waals surface area contributed by atoms with E-state index in [1.807, 2.05) is 0 Å². The molecular formula is C38H70ClO2P.